The van der Waals surface area contributed by atoms with Crippen LogP contribution in [-0.4, -0.2) is 0 Å². The molecule has 0 amide bonds. The zero-order chi connectivity index (χ0) is 8.55. The van der Waals surface area contributed by atoms with Crippen molar-refractivity contribution < 1.29 is 0 Å². The Morgan fingerprint density at radius 1 is 1.42 bits per heavy atom. The summed E-state index contributed by atoms with van der Waals surface area (Å²) in [5.74, 6) is 0.582. The van der Waals surface area contributed by atoms with E-state index in [2.05, 4.69) is 39.5 Å². The van der Waals surface area contributed by atoms with Gasteiger partial charge in [-0.1, -0.05) is 6.07 Å². The summed E-state index contributed by atoms with van der Waals surface area (Å²) in [4.78, 5) is 0. The van der Waals surface area contributed by atoms with Crippen molar-refractivity contribution in [3.63, 3.8) is 0 Å². The lowest BCUT2D eigenvalue weighted by molar-refractivity contribution is 1.43. The highest BCUT2D eigenvalue weighted by Gasteiger charge is 2.01. The maximum atomic E-state index is 5.73. The molecule has 0 N–H and O–H groups in total. The molecule has 1 aromatic carbocycles. The summed E-state index contributed by atoms with van der Waals surface area (Å²) in [7, 11) is 0. The molecule has 1 heterocycles. The zero-order valence-corrected chi connectivity index (χ0v) is 9.34. The SMILES string of the molecule is ClCc1ccc2scc(Br)c2c1. The number of hydrogen-bond donors (Lipinski definition) is 0. The number of benzene rings is 1. The fourth-order valence-corrected chi connectivity index (χ4v) is 2.83. The quantitative estimate of drug-likeness (QED) is 0.667. The molecule has 12 heavy (non-hydrogen) atoms. The van der Waals surface area contributed by atoms with Crippen LogP contribution >= 0.6 is 38.9 Å². The van der Waals surface area contributed by atoms with Gasteiger partial charge in [0.15, 0.2) is 0 Å². The number of thiophene rings is 1. The Hall–Kier alpha value is -0.0500. The van der Waals surface area contributed by atoms with Gasteiger partial charge in [-0.25, -0.2) is 0 Å². The minimum absolute atomic E-state index is 0.582. The third-order valence-electron chi connectivity index (χ3n) is 1.74. The van der Waals surface area contributed by atoms with Crippen LogP contribution in [0.15, 0.2) is 28.1 Å². The summed E-state index contributed by atoms with van der Waals surface area (Å²) >= 11 is 11.0. The molecule has 0 fully saturated rings. The summed E-state index contributed by atoms with van der Waals surface area (Å²) in [6.45, 7) is 0. The van der Waals surface area contributed by atoms with Crippen LogP contribution in [0.5, 0.6) is 0 Å². The molecule has 1 aromatic heterocycles. The van der Waals surface area contributed by atoms with Gasteiger partial charge in [-0.2, -0.15) is 0 Å². The molecule has 0 nitrogen and oxygen atoms in total. The predicted molar refractivity (Wildman–Crippen MR) is 59.1 cm³/mol. The van der Waals surface area contributed by atoms with Crippen molar-refractivity contribution in [1.29, 1.82) is 0 Å². The van der Waals surface area contributed by atoms with E-state index in [9.17, 15) is 0 Å². The third-order valence-corrected chi connectivity index (χ3v) is 3.98. The third kappa shape index (κ3) is 1.39. The lowest BCUT2D eigenvalue weighted by atomic mass is 10.2. The number of fused-ring (bicyclic) bond motifs is 1. The Bertz CT molecular complexity index is 408. The minimum atomic E-state index is 0.582. The molecule has 0 saturated heterocycles. The van der Waals surface area contributed by atoms with Gasteiger partial charge in [0.2, 0.25) is 0 Å². The number of rotatable bonds is 1. The van der Waals surface area contributed by atoms with Crippen molar-refractivity contribution in [2.75, 3.05) is 0 Å². The summed E-state index contributed by atoms with van der Waals surface area (Å²) in [6, 6.07) is 6.31. The first-order valence-corrected chi connectivity index (χ1v) is 5.73. The van der Waals surface area contributed by atoms with Crippen LogP contribution < -0.4 is 0 Å². The Morgan fingerprint density at radius 2 is 2.25 bits per heavy atom. The van der Waals surface area contributed by atoms with Gasteiger partial charge < -0.3 is 0 Å². The van der Waals surface area contributed by atoms with E-state index in [0.717, 1.165) is 4.47 Å². The highest BCUT2D eigenvalue weighted by atomic mass is 79.9. The van der Waals surface area contributed by atoms with Gasteiger partial charge in [-0.3, -0.25) is 0 Å². The molecular weight excluding hydrogens is 256 g/mol. The fraction of sp³-hybridized carbons (Fsp3) is 0.111. The van der Waals surface area contributed by atoms with Crippen molar-refractivity contribution in [3.8, 4) is 0 Å². The first-order valence-electron chi connectivity index (χ1n) is 3.53. The van der Waals surface area contributed by atoms with Crippen molar-refractivity contribution in [1.82, 2.24) is 0 Å². The summed E-state index contributed by atoms with van der Waals surface area (Å²) < 4.78 is 2.46. The van der Waals surface area contributed by atoms with Gasteiger partial charge in [0, 0.05) is 25.8 Å². The molecule has 0 aliphatic carbocycles. The standard InChI is InChI=1S/C9H6BrClS/c10-8-5-12-9-2-1-6(4-11)3-7(8)9/h1-3,5H,4H2. The van der Waals surface area contributed by atoms with Gasteiger partial charge in [-0.15, -0.1) is 22.9 Å². The van der Waals surface area contributed by atoms with E-state index in [-0.39, 0.29) is 0 Å². The lowest BCUT2D eigenvalue weighted by Crippen LogP contribution is -1.74. The van der Waals surface area contributed by atoms with Crippen LogP contribution in [0.25, 0.3) is 10.1 Å². The fourth-order valence-electron chi connectivity index (χ4n) is 1.13. The van der Waals surface area contributed by atoms with E-state index in [1.807, 2.05) is 0 Å². The van der Waals surface area contributed by atoms with Crippen LogP contribution in [-0.2, 0) is 5.88 Å². The van der Waals surface area contributed by atoms with Crippen molar-refractivity contribution in [3.05, 3.63) is 33.6 Å². The van der Waals surface area contributed by atoms with E-state index in [0.29, 0.717) is 5.88 Å². The average molecular weight is 262 g/mol. The van der Waals surface area contributed by atoms with Crippen molar-refractivity contribution >= 4 is 49.0 Å². The van der Waals surface area contributed by atoms with E-state index < -0.39 is 0 Å². The molecular formula is C9H6BrClS. The summed E-state index contributed by atoms with van der Waals surface area (Å²) in [5.41, 5.74) is 1.17. The predicted octanol–water partition coefficient (Wildman–Crippen LogP) is 4.40. The maximum absolute atomic E-state index is 5.73. The van der Waals surface area contributed by atoms with Crippen molar-refractivity contribution in [2.24, 2.45) is 0 Å². The Morgan fingerprint density at radius 3 is 3.00 bits per heavy atom. The van der Waals surface area contributed by atoms with Crippen LogP contribution in [0.1, 0.15) is 5.56 Å². The first kappa shape index (κ1) is 8.54. The summed E-state index contributed by atoms with van der Waals surface area (Å²) in [6.07, 6.45) is 0. The molecule has 2 aromatic rings. The summed E-state index contributed by atoms with van der Waals surface area (Å²) in [5, 5.41) is 3.36. The van der Waals surface area contributed by atoms with E-state index >= 15 is 0 Å². The molecule has 0 atom stereocenters. The topological polar surface area (TPSA) is 0 Å². The molecule has 0 spiro atoms. The molecule has 0 aliphatic heterocycles. The zero-order valence-electron chi connectivity index (χ0n) is 6.18. The molecule has 0 radical (unpaired) electrons. The Kier molecular flexibility index (Phi) is 2.40. The van der Waals surface area contributed by atoms with Gasteiger partial charge in [0.25, 0.3) is 0 Å². The molecule has 0 bridgehead atoms. The molecule has 0 unspecified atom stereocenters. The largest absolute Gasteiger partial charge is 0.143 e. The molecule has 2 rings (SSSR count). The smallest absolute Gasteiger partial charge is 0.0474 e. The van der Waals surface area contributed by atoms with Gasteiger partial charge in [0.05, 0.1) is 0 Å². The van der Waals surface area contributed by atoms with E-state index in [4.69, 9.17) is 11.6 Å². The Labute approximate surface area is 88.3 Å². The van der Waals surface area contributed by atoms with Gasteiger partial charge >= 0.3 is 0 Å². The second-order valence-corrected chi connectivity index (χ2v) is 4.58. The number of hydrogen-bond acceptors (Lipinski definition) is 1. The average Bonchev–Trinajstić information content (AvgIpc) is 2.47. The monoisotopic (exact) mass is 260 g/mol. The van der Waals surface area contributed by atoms with Crippen LogP contribution in [0.3, 0.4) is 0 Å². The van der Waals surface area contributed by atoms with Gasteiger partial charge in [-0.05, 0) is 33.6 Å². The normalized spacial score (nSPS) is 10.8. The molecule has 0 saturated carbocycles. The van der Waals surface area contributed by atoms with Crippen LogP contribution in [0.4, 0.5) is 0 Å². The maximum Gasteiger partial charge on any atom is 0.0474 e. The van der Waals surface area contributed by atoms with Crippen molar-refractivity contribution in [2.45, 2.75) is 5.88 Å². The highest BCUT2D eigenvalue weighted by molar-refractivity contribution is 9.10. The minimum Gasteiger partial charge on any atom is -0.143 e. The van der Waals surface area contributed by atoms with Gasteiger partial charge in [0.1, 0.15) is 0 Å². The molecule has 62 valence electrons. The molecule has 3 heteroatoms. The molecule has 0 aliphatic rings. The van der Waals surface area contributed by atoms with E-state index in [1.165, 1.54) is 15.6 Å². The first-order chi connectivity index (χ1) is 5.81. The van der Waals surface area contributed by atoms with Crippen LogP contribution in [0, 0.1) is 0 Å². The number of halogens is 2. The lowest BCUT2D eigenvalue weighted by Gasteiger charge is -1.95. The Balaban J connectivity index is 2.71. The second kappa shape index (κ2) is 3.36. The second-order valence-electron chi connectivity index (χ2n) is 2.55. The van der Waals surface area contributed by atoms with Crippen LogP contribution in [0.2, 0.25) is 0 Å². The van der Waals surface area contributed by atoms with E-state index in [1.54, 1.807) is 11.3 Å². The highest BCUT2D eigenvalue weighted by Crippen LogP contribution is 2.31. The number of alkyl halides is 1.